The topological polar surface area (TPSA) is 239 Å². The lowest BCUT2D eigenvalue weighted by Gasteiger charge is -2.21. The van der Waals surface area contributed by atoms with Gasteiger partial charge in [0.15, 0.2) is 6.23 Å². The number of ether oxygens (including phenoxy) is 2. The van der Waals surface area contributed by atoms with E-state index in [-0.39, 0.29) is 18.0 Å². The van der Waals surface area contributed by atoms with E-state index in [1.807, 2.05) is 0 Å². The molecule has 0 spiro atoms. The molecule has 0 aliphatic carbocycles. The van der Waals surface area contributed by atoms with Gasteiger partial charge in [-0.2, -0.15) is 21.1 Å². The highest BCUT2D eigenvalue weighted by atomic mass is 32.2. The molecule has 19 heteroatoms. The molecule has 1 aliphatic heterocycles. The Balaban J connectivity index is 1.82. The van der Waals surface area contributed by atoms with Crippen LogP contribution in [0.15, 0.2) is 17.1 Å². The number of nitrogens with zero attached hydrogens (tertiary/aromatic N) is 2. The first-order valence-electron chi connectivity index (χ1n) is 21.1. The first kappa shape index (κ1) is 51.8. The Hall–Kier alpha value is -1.36. The van der Waals surface area contributed by atoms with Crippen LogP contribution in [0.5, 0.6) is 0 Å². The highest BCUT2D eigenvalue weighted by molar-refractivity contribution is 7.99. The van der Waals surface area contributed by atoms with E-state index < -0.39 is 71.2 Å². The molecule has 3 unspecified atom stereocenters. The van der Waals surface area contributed by atoms with Gasteiger partial charge in [0.25, 0.3) is 0 Å². The number of aliphatic hydroxyl groups is 2. The SMILES string of the molecule is CCCCCCCCCCCCCC(=O)OC(COP(=O)(O)OP(=O)(O)OC[C@H]1O[C@@H](n2ccc(N)nc2=O)[C@@H](O)[C@@H]1O)CSCCCCCCCCCCCC. The molecule has 1 aliphatic rings. The molecule has 0 radical (unpaired) electrons. The van der Waals surface area contributed by atoms with Crippen molar-refractivity contribution in [2.24, 2.45) is 0 Å². The summed E-state index contributed by atoms with van der Waals surface area (Å²) in [5.74, 6) is 0.535. The number of rotatable bonds is 35. The van der Waals surface area contributed by atoms with E-state index in [0.717, 1.165) is 48.8 Å². The third-order valence-electron chi connectivity index (χ3n) is 9.72. The van der Waals surface area contributed by atoms with Gasteiger partial charge in [0.05, 0.1) is 13.2 Å². The largest absolute Gasteiger partial charge is 0.481 e. The number of anilines is 1. The summed E-state index contributed by atoms with van der Waals surface area (Å²) in [6.07, 6.45) is 18.8. The van der Waals surface area contributed by atoms with Crippen LogP contribution < -0.4 is 11.4 Å². The second-order valence-corrected chi connectivity index (χ2v) is 19.0. The van der Waals surface area contributed by atoms with Crippen molar-refractivity contribution in [1.29, 1.82) is 0 Å². The molecule has 2 rings (SSSR count). The average molecular weight is 872 g/mol. The average Bonchev–Trinajstić information content (AvgIpc) is 3.43. The molecule has 0 saturated carbocycles. The molecular formula is C38H71N3O13P2S. The highest BCUT2D eigenvalue weighted by Crippen LogP contribution is 2.60. The minimum Gasteiger partial charge on any atom is -0.459 e. The third-order valence-corrected chi connectivity index (χ3v) is 13.5. The lowest BCUT2D eigenvalue weighted by Crippen LogP contribution is -2.36. The summed E-state index contributed by atoms with van der Waals surface area (Å²) in [6.45, 7) is 2.97. The number of carbonyl (C=O) groups excluding carboxylic acids is 1. The highest BCUT2D eigenvalue weighted by Gasteiger charge is 2.46. The van der Waals surface area contributed by atoms with Gasteiger partial charge in [0, 0.05) is 18.4 Å². The molecule has 1 saturated heterocycles. The Kier molecular flexibility index (Phi) is 27.1. The van der Waals surface area contributed by atoms with E-state index in [1.165, 1.54) is 114 Å². The molecule has 1 aromatic rings. The Morgan fingerprint density at radius 2 is 1.33 bits per heavy atom. The van der Waals surface area contributed by atoms with Gasteiger partial charge in [-0.1, -0.05) is 136 Å². The minimum atomic E-state index is -5.31. The number of hydrogen-bond acceptors (Lipinski definition) is 14. The molecular weight excluding hydrogens is 800 g/mol. The summed E-state index contributed by atoms with van der Waals surface area (Å²) in [5.41, 5.74) is 4.61. The predicted molar refractivity (Wildman–Crippen MR) is 222 cm³/mol. The van der Waals surface area contributed by atoms with Gasteiger partial charge < -0.3 is 35.2 Å². The number of aliphatic hydroxyl groups excluding tert-OH is 2. The molecule has 16 nitrogen and oxygen atoms in total. The zero-order valence-electron chi connectivity index (χ0n) is 34.2. The summed E-state index contributed by atoms with van der Waals surface area (Å²) in [4.78, 5) is 49.0. The fourth-order valence-electron chi connectivity index (χ4n) is 6.44. The number of phosphoric acid groups is 2. The van der Waals surface area contributed by atoms with E-state index in [0.29, 0.717) is 6.42 Å². The second kappa shape index (κ2) is 29.8. The van der Waals surface area contributed by atoms with Crippen LogP contribution in [0.2, 0.25) is 0 Å². The maximum Gasteiger partial charge on any atom is 0.481 e. The van der Waals surface area contributed by atoms with Gasteiger partial charge in [-0.05, 0) is 24.7 Å². The Bertz CT molecular complexity index is 1390. The van der Waals surface area contributed by atoms with E-state index in [2.05, 4.69) is 23.1 Å². The molecule has 0 bridgehead atoms. The number of thioether (sulfide) groups is 1. The monoisotopic (exact) mass is 871 g/mol. The van der Waals surface area contributed by atoms with E-state index in [9.17, 15) is 38.7 Å². The Labute approximate surface area is 343 Å². The summed E-state index contributed by atoms with van der Waals surface area (Å²) in [7, 11) is -10.6. The first-order valence-corrected chi connectivity index (χ1v) is 25.2. The number of nitrogens with two attached hydrogens (primary N) is 1. The van der Waals surface area contributed by atoms with Crippen LogP contribution >= 0.6 is 27.4 Å². The van der Waals surface area contributed by atoms with Gasteiger partial charge >= 0.3 is 27.3 Å². The summed E-state index contributed by atoms with van der Waals surface area (Å²) >= 11 is 1.52. The molecule has 7 atom stereocenters. The van der Waals surface area contributed by atoms with Gasteiger partial charge in [-0.15, -0.1) is 0 Å². The molecule has 1 aromatic heterocycles. The van der Waals surface area contributed by atoms with Crippen molar-refractivity contribution < 1.29 is 56.8 Å². The quantitative estimate of drug-likeness (QED) is 0.0247. The van der Waals surface area contributed by atoms with Crippen LogP contribution in [0.25, 0.3) is 0 Å². The Morgan fingerprint density at radius 3 is 1.88 bits per heavy atom. The zero-order valence-corrected chi connectivity index (χ0v) is 36.8. The van der Waals surface area contributed by atoms with Gasteiger partial charge in [-0.25, -0.2) is 13.9 Å². The maximum atomic E-state index is 12.8. The van der Waals surface area contributed by atoms with Crippen molar-refractivity contribution in [2.45, 2.75) is 186 Å². The van der Waals surface area contributed by atoms with Crippen LogP contribution in [0.3, 0.4) is 0 Å². The van der Waals surface area contributed by atoms with Crippen molar-refractivity contribution in [2.75, 3.05) is 30.5 Å². The van der Waals surface area contributed by atoms with E-state index >= 15 is 0 Å². The fourth-order valence-corrected chi connectivity index (χ4v) is 9.55. The molecule has 2 heterocycles. The minimum absolute atomic E-state index is 0.0784. The standard InChI is InChI=1S/C38H71N3O13P2S/c1-3-5-7-9-11-13-15-16-18-20-22-24-34(42)52-31(30-57-27-23-21-19-17-14-12-10-8-6-4-2)28-50-55(46,47)54-56(48,49)51-29-32-35(43)36(44)37(53-32)41-26-25-33(39)40-38(41)45/h25-26,31-32,35-37,43-44H,3-24,27-30H2,1-2H3,(H,46,47)(H,48,49)(H2,39,40,45)/t31?,32-,35-,36+,37-/m1/s1. The van der Waals surface area contributed by atoms with Crippen LogP contribution in [-0.4, -0.2) is 84.7 Å². The third kappa shape index (κ3) is 23.3. The van der Waals surface area contributed by atoms with Crippen molar-refractivity contribution in [3.05, 3.63) is 22.7 Å². The van der Waals surface area contributed by atoms with Crippen LogP contribution in [0.4, 0.5) is 5.82 Å². The molecule has 1 fully saturated rings. The van der Waals surface area contributed by atoms with Crippen LogP contribution in [-0.2, 0) is 36.8 Å². The number of hydrogen-bond donors (Lipinski definition) is 5. The number of nitrogen functional groups attached to an aromatic ring is 1. The number of aromatic nitrogens is 2. The van der Waals surface area contributed by atoms with Crippen LogP contribution in [0.1, 0.15) is 161 Å². The number of carbonyl (C=O) groups is 1. The summed E-state index contributed by atoms with van der Waals surface area (Å²) < 4.78 is 51.6. The van der Waals surface area contributed by atoms with Crippen molar-refractivity contribution >= 4 is 39.2 Å². The zero-order chi connectivity index (χ0) is 41.9. The smallest absolute Gasteiger partial charge is 0.459 e. The van der Waals surface area contributed by atoms with Gasteiger partial charge in [0.1, 0.15) is 30.2 Å². The number of unbranched alkanes of at least 4 members (excludes halogenated alkanes) is 19. The lowest BCUT2D eigenvalue weighted by atomic mass is 10.1. The van der Waals surface area contributed by atoms with Gasteiger partial charge in [0.2, 0.25) is 0 Å². The number of esters is 1. The van der Waals surface area contributed by atoms with Crippen molar-refractivity contribution in [3.8, 4) is 0 Å². The molecule has 6 N–H and O–H groups in total. The summed E-state index contributed by atoms with van der Waals surface area (Å²) in [6, 6.07) is 1.27. The lowest BCUT2D eigenvalue weighted by molar-refractivity contribution is -0.149. The van der Waals surface area contributed by atoms with E-state index in [4.69, 9.17) is 24.3 Å². The molecule has 0 aromatic carbocycles. The van der Waals surface area contributed by atoms with Crippen molar-refractivity contribution in [3.63, 3.8) is 0 Å². The first-order chi connectivity index (χ1) is 27.3. The fraction of sp³-hybridized carbons (Fsp3) is 0.868. The maximum absolute atomic E-state index is 12.8. The van der Waals surface area contributed by atoms with E-state index in [1.54, 1.807) is 0 Å². The molecule has 0 amide bonds. The van der Waals surface area contributed by atoms with Gasteiger partial charge in [-0.3, -0.25) is 18.4 Å². The van der Waals surface area contributed by atoms with Crippen molar-refractivity contribution in [1.82, 2.24) is 9.55 Å². The number of phosphoric ester groups is 2. The summed E-state index contributed by atoms with van der Waals surface area (Å²) in [5, 5.41) is 20.8. The van der Waals surface area contributed by atoms with Crippen LogP contribution in [0, 0.1) is 0 Å². The second-order valence-electron chi connectivity index (χ2n) is 14.9. The predicted octanol–water partition coefficient (Wildman–Crippen LogP) is 7.96. The molecule has 57 heavy (non-hydrogen) atoms. The normalized spacial score (nSPS) is 20.9. The molecule has 332 valence electrons. The Morgan fingerprint density at radius 1 is 0.825 bits per heavy atom.